The zero-order chi connectivity index (χ0) is 17.9. The van der Waals surface area contributed by atoms with Gasteiger partial charge in [0.05, 0.1) is 5.56 Å². The number of carbonyl (C=O) groups is 1. The summed E-state index contributed by atoms with van der Waals surface area (Å²) in [7, 11) is 0. The Labute approximate surface area is 145 Å². The molecule has 1 aromatic carbocycles. The predicted octanol–water partition coefficient (Wildman–Crippen LogP) is 3.68. The van der Waals surface area contributed by atoms with Gasteiger partial charge >= 0.3 is 0 Å². The number of benzene rings is 1. The molecule has 0 radical (unpaired) electrons. The predicted molar refractivity (Wildman–Crippen MR) is 99.4 cm³/mol. The van der Waals surface area contributed by atoms with Gasteiger partial charge < -0.3 is 15.6 Å². The van der Waals surface area contributed by atoms with E-state index in [1.54, 1.807) is 0 Å². The van der Waals surface area contributed by atoms with Crippen LogP contribution in [0, 0.1) is 13.8 Å². The Balaban J connectivity index is 2.00. The molecule has 130 valence electrons. The summed E-state index contributed by atoms with van der Waals surface area (Å²) in [6.07, 6.45) is 0. The second kappa shape index (κ2) is 7.67. The highest BCUT2D eigenvalue weighted by Crippen LogP contribution is 2.18. The Morgan fingerprint density at radius 2 is 1.75 bits per heavy atom. The van der Waals surface area contributed by atoms with Gasteiger partial charge in [-0.1, -0.05) is 38.1 Å². The van der Waals surface area contributed by atoms with E-state index in [1.807, 2.05) is 19.9 Å². The Morgan fingerprint density at radius 3 is 2.25 bits per heavy atom. The Hall–Kier alpha value is -2.07. The van der Waals surface area contributed by atoms with E-state index >= 15 is 0 Å². The quantitative estimate of drug-likeness (QED) is 0.850. The SMILES string of the molecule is CCn1c(C)cc(C(=O)NCC(N)c2ccc(C(C)C)cc2)c1C. The summed E-state index contributed by atoms with van der Waals surface area (Å²) in [6.45, 7) is 11.7. The molecular weight excluding hydrogens is 298 g/mol. The number of rotatable bonds is 6. The summed E-state index contributed by atoms with van der Waals surface area (Å²) in [5, 5.41) is 2.96. The molecule has 0 fully saturated rings. The first kappa shape index (κ1) is 18.3. The van der Waals surface area contributed by atoms with E-state index in [-0.39, 0.29) is 11.9 Å². The molecule has 1 amide bonds. The minimum Gasteiger partial charge on any atom is -0.350 e. The van der Waals surface area contributed by atoms with Gasteiger partial charge in [0, 0.05) is 30.5 Å². The lowest BCUT2D eigenvalue weighted by Gasteiger charge is -2.15. The largest absolute Gasteiger partial charge is 0.350 e. The molecule has 0 saturated heterocycles. The molecule has 1 aromatic heterocycles. The molecular formula is C20H29N3O. The van der Waals surface area contributed by atoms with Crippen LogP contribution >= 0.6 is 0 Å². The molecule has 0 spiro atoms. The monoisotopic (exact) mass is 327 g/mol. The molecule has 0 aliphatic heterocycles. The zero-order valence-electron chi connectivity index (χ0n) is 15.4. The maximum absolute atomic E-state index is 12.4. The molecule has 24 heavy (non-hydrogen) atoms. The van der Waals surface area contributed by atoms with Gasteiger partial charge in [0.15, 0.2) is 0 Å². The number of nitrogens with one attached hydrogen (secondary N) is 1. The van der Waals surface area contributed by atoms with E-state index in [1.165, 1.54) is 5.56 Å². The van der Waals surface area contributed by atoms with Gasteiger partial charge in [-0.25, -0.2) is 0 Å². The number of aryl methyl sites for hydroxylation is 1. The van der Waals surface area contributed by atoms with E-state index in [0.29, 0.717) is 12.5 Å². The fourth-order valence-electron chi connectivity index (χ4n) is 3.06. The van der Waals surface area contributed by atoms with Gasteiger partial charge in [0.2, 0.25) is 0 Å². The fraction of sp³-hybridized carbons (Fsp3) is 0.450. The van der Waals surface area contributed by atoms with E-state index in [2.05, 4.69) is 54.9 Å². The molecule has 1 unspecified atom stereocenters. The van der Waals surface area contributed by atoms with Crippen LogP contribution in [-0.4, -0.2) is 17.0 Å². The maximum Gasteiger partial charge on any atom is 0.253 e. The lowest BCUT2D eigenvalue weighted by Crippen LogP contribution is -2.32. The van der Waals surface area contributed by atoms with E-state index in [4.69, 9.17) is 5.73 Å². The van der Waals surface area contributed by atoms with Crippen LogP contribution in [0.4, 0.5) is 0 Å². The molecule has 0 aliphatic carbocycles. The van der Waals surface area contributed by atoms with Crippen LogP contribution in [0.5, 0.6) is 0 Å². The van der Waals surface area contributed by atoms with Crippen molar-refractivity contribution in [3.63, 3.8) is 0 Å². The van der Waals surface area contributed by atoms with Gasteiger partial charge in [-0.15, -0.1) is 0 Å². The van der Waals surface area contributed by atoms with Crippen LogP contribution in [0.1, 0.15) is 65.6 Å². The lowest BCUT2D eigenvalue weighted by molar-refractivity contribution is 0.0950. The van der Waals surface area contributed by atoms with Gasteiger partial charge in [-0.05, 0) is 43.9 Å². The molecule has 0 aliphatic rings. The van der Waals surface area contributed by atoms with Crippen molar-refractivity contribution in [2.24, 2.45) is 5.73 Å². The summed E-state index contributed by atoms with van der Waals surface area (Å²) in [4.78, 5) is 12.4. The van der Waals surface area contributed by atoms with Gasteiger partial charge in [-0.2, -0.15) is 0 Å². The van der Waals surface area contributed by atoms with E-state index in [0.717, 1.165) is 29.1 Å². The lowest BCUT2D eigenvalue weighted by atomic mass is 9.99. The standard InChI is InChI=1S/C20H29N3O/c1-6-23-14(4)11-18(15(23)5)20(24)22-12-19(21)17-9-7-16(8-10-17)13(2)3/h7-11,13,19H,6,12,21H2,1-5H3,(H,22,24). The Bertz CT molecular complexity index is 698. The first-order chi connectivity index (χ1) is 11.3. The highest BCUT2D eigenvalue weighted by molar-refractivity contribution is 5.95. The molecule has 4 nitrogen and oxygen atoms in total. The maximum atomic E-state index is 12.4. The van der Waals surface area contributed by atoms with Crippen molar-refractivity contribution in [2.45, 2.75) is 53.1 Å². The third-order valence-electron chi connectivity index (χ3n) is 4.65. The smallest absolute Gasteiger partial charge is 0.253 e. The first-order valence-electron chi connectivity index (χ1n) is 8.65. The fourth-order valence-corrected chi connectivity index (χ4v) is 3.06. The minimum atomic E-state index is -0.204. The minimum absolute atomic E-state index is 0.0583. The average Bonchev–Trinajstić information content (AvgIpc) is 2.86. The third-order valence-corrected chi connectivity index (χ3v) is 4.65. The highest BCUT2D eigenvalue weighted by Gasteiger charge is 2.16. The van der Waals surface area contributed by atoms with Crippen molar-refractivity contribution < 1.29 is 4.79 Å². The second-order valence-electron chi connectivity index (χ2n) is 6.67. The third kappa shape index (κ3) is 3.88. The summed E-state index contributed by atoms with van der Waals surface area (Å²) >= 11 is 0. The molecule has 2 aromatic rings. The van der Waals surface area contributed by atoms with Crippen molar-refractivity contribution in [2.75, 3.05) is 6.54 Å². The second-order valence-corrected chi connectivity index (χ2v) is 6.67. The topological polar surface area (TPSA) is 60.0 Å². The van der Waals surface area contributed by atoms with E-state index in [9.17, 15) is 4.79 Å². The summed E-state index contributed by atoms with van der Waals surface area (Å²) in [5.41, 5.74) is 11.4. The van der Waals surface area contributed by atoms with Gasteiger partial charge in [-0.3, -0.25) is 4.79 Å². The summed E-state index contributed by atoms with van der Waals surface area (Å²) in [5.74, 6) is 0.445. The van der Waals surface area contributed by atoms with Crippen molar-refractivity contribution in [3.05, 3.63) is 58.4 Å². The molecule has 4 heteroatoms. The van der Waals surface area contributed by atoms with Crippen molar-refractivity contribution in [3.8, 4) is 0 Å². The van der Waals surface area contributed by atoms with Gasteiger partial charge in [0.25, 0.3) is 5.91 Å². The van der Waals surface area contributed by atoms with Crippen LogP contribution in [0.15, 0.2) is 30.3 Å². The highest BCUT2D eigenvalue weighted by atomic mass is 16.1. The van der Waals surface area contributed by atoms with Crippen LogP contribution in [0.2, 0.25) is 0 Å². The number of hydrogen-bond acceptors (Lipinski definition) is 2. The molecule has 1 atom stereocenters. The first-order valence-corrected chi connectivity index (χ1v) is 8.65. The van der Waals surface area contributed by atoms with Crippen LogP contribution in [0.25, 0.3) is 0 Å². The number of nitrogens with two attached hydrogens (primary N) is 1. The molecule has 2 rings (SSSR count). The summed E-state index contributed by atoms with van der Waals surface area (Å²) in [6, 6.07) is 10.1. The summed E-state index contributed by atoms with van der Waals surface area (Å²) < 4.78 is 2.14. The van der Waals surface area contributed by atoms with Crippen molar-refractivity contribution >= 4 is 5.91 Å². The molecule has 0 bridgehead atoms. The zero-order valence-corrected chi connectivity index (χ0v) is 15.4. The normalized spacial score (nSPS) is 12.5. The number of hydrogen-bond donors (Lipinski definition) is 2. The van der Waals surface area contributed by atoms with Crippen LogP contribution < -0.4 is 11.1 Å². The van der Waals surface area contributed by atoms with Crippen molar-refractivity contribution in [1.29, 1.82) is 0 Å². The molecule has 0 saturated carbocycles. The number of aromatic nitrogens is 1. The number of nitrogens with zero attached hydrogens (tertiary/aromatic N) is 1. The Kier molecular flexibility index (Phi) is 5.84. The molecule has 1 heterocycles. The van der Waals surface area contributed by atoms with E-state index < -0.39 is 0 Å². The number of carbonyl (C=O) groups excluding carboxylic acids is 1. The Morgan fingerprint density at radius 1 is 1.17 bits per heavy atom. The van der Waals surface area contributed by atoms with Crippen LogP contribution in [-0.2, 0) is 6.54 Å². The molecule has 3 N–H and O–H groups in total. The average molecular weight is 327 g/mol. The van der Waals surface area contributed by atoms with Crippen LogP contribution in [0.3, 0.4) is 0 Å². The van der Waals surface area contributed by atoms with Crippen molar-refractivity contribution in [1.82, 2.24) is 9.88 Å². The van der Waals surface area contributed by atoms with Gasteiger partial charge in [0.1, 0.15) is 0 Å². The number of amides is 1.